The fraction of sp³-hybridized carbons (Fsp3) is 0.667. The highest BCUT2D eigenvalue weighted by Crippen LogP contribution is 2.26. The number of anilines is 1. The van der Waals surface area contributed by atoms with Gasteiger partial charge in [-0.2, -0.15) is 0 Å². The summed E-state index contributed by atoms with van der Waals surface area (Å²) in [5.41, 5.74) is 0.628. The van der Waals surface area contributed by atoms with Gasteiger partial charge in [0.2, 0.25) is 0 Å². The van der Waals surface area contributed by atoms with Crippen molar-refractivity contribution in [2.45, 2.75) is 26.9 Å². The standard InChI is InChI=1S/C12H19N3O/c1-9(2)10-3-4-15(7-10)12-6-13-11(8-16)5-14-12/h5-6,9-10,16H,3-4,7-8H2,1-2H3/t10-/m0/s1. The van der Waals surface area contributed by atoms with E-state index in [0.717, 1.165) is 30.7 Å². The molecule has 0 bridgehead atoms. The smallest absolute Gasteiger partial charge is 0.147 e. The van der Waals surface area contributed by atoms with E-state index < -0.39 is 0 Å². The van der Waals surface area contributed by atoms with Crippen molar-refractivity contribution >= 4 is 5.82 Å². The molecule has 0 saturated carbocycles. The van der Waals surface area contributed by atoms with Crippen molar-refractivity contribution in [3.8, 4) is 0 Å². The second kappa shape index (κ2) is 4.78. The molecule has 1 aliphatic heterocycles. The van der Waals surface area contributed by atoms with Crippen LogP contribution in [-0.4, -0.2) is 28.2 Å². The second-order valence-electron chi connectivity index (χ2n) is 4.76. The lowest BCUT2D eigenvalue weighted by Gasteiger charge is -2.18. The maximum Gasteiger partial charge on any atom is 0.147 e. The summed E-state index contributed by atoms with van der Waals surface area (Å²) in [6, 6.07) is 0. The van der Waals surface area contributed by atoms with Gasteiger partial charge in [-0.05, 0) is 18.3 Å². The molecule has 2 heterocycles. The average molecular weight is 221 g/mol. The Morgan fingerprint density at radius 1 is 1.44 bits per heavy atom. The van der Waals surface area contributed by atoms with Crippen molar-refractivity contribution < 1.29 is 5.11 Å². The van der Waals surface area contributed by atoms with Gasteiger partial charge in [0.15, 0.2) is 0 Å². The van der Waals surface area contributed by atoms with E-state index in [9.17, 15) is 0 Å². The van der Waals surface area contributed by atoms with Gasteiger partial charge in [-0.3, -0.25) is 4.98 Å². The number of aliphatic hydroxyl groups excluding tert-OH is 1. The number of aliphatic hydroxyl groups is 1. The number of aromatic nitrogens is 2. The van der Waals surface area contributed by atoms with Gasteiger partial charge < -0.3 is 10.0 Å². The summed E-state index contributed by atoms with van der Waals surface area (Å²) < 4.78 is 0. The number of hydrogen-bond acceptors (Lipinski definition) is 4. The first kappa shape index (κ1) is 11.3. The van der Waals surface area contributed by atoms with Crippen LogP contribution >= 0.6 is 0 Å². The zero-order valence-electron chi connectivity index (χ0n) is 9.93. The van der Waals surface area contributed by atoms with E-state index >= 15 is 0 Å². The summed E-state index contributed by atoms with van der Waals surface area (Å²) in [7, 11) is 0. The van der Waals surface area contributed by atoms with E-state index in [1.54, 1.807) is 12.4 Å². The van der Waals surface area contributed by atoms with Crippen molar-refractivity contribution in [1.29, 1.82) is 0 Å². The first-order valence-electron chi connectivity index (χ1n) is 5.87. The fourth-order valence-corrected chi connectivity index (χ4v) is 2.13. The fourth-order valence-electron chi connectivity index (χ4n) is 2.13. The number of hydrogen-bond donors (Lipinski definition) is 1. The Morgan fingerprint density at radius 3 is 2.75 bits per heavy atom. The average Bonchev–Trinajstić information content (AvgIpc) is 2.78. The lowest BCUT2D eigenvalue weighted by molar-refractivity contribution is 0.276. The highest BCUT2D eigenvalue weighted by molar-refractivity contribution is 5.37. The molecule has 1 aromatic heterocycles. The molecule has 1 fully saturated rings. The van der Waals surface area contributed by atoms with Crippen molar-refractivity contribution in [2.75, 3.05) is 18.0 Å². The Morgan fingerprint density at radius 2 is 2.25 bits per heavy atom. The minimum Gasteiger partial charge on any atom is -0.390 e. The van der Waals surface area contributed by atoms with Crippen molar-refractivity contribution in [3.63, 3.8) is 0 Å². The van der Waals surface area contributed by atoms with Crippen LogP contribution in [0.15, 0.2) is 12.4 Å². The third-order valence-electron chi connectivity index (χ3n) is 3.35. The molecule has 88 valence electrons. The van der Waals surface area contributed by atoms with E-state index in [2.05, 4.69) is 28.7 Å². The first-order chi connectivity index (χ1) is 7.70. The Bertz CT molecular complexity index is 337. The van der Waals surface area contributed by atoms with Crippen molar-refractivity contribution in [1.82, 2.24) is 9.97 Å². The van der Waals surface area contributed by atoms with E-state index in [4.69, 9.17) is 5.11 Å². The highest BCUT2D eigenvalue weighted by Gasteiger charge is 2.25. The lowest BCUT2D eigenvalue weighted by atomic mass is 9.95. The zero-order valence-corrected chi connectivity index (χ0v) is 9.93. The van der Waals surface area contributed by atoms with E-state index in [1.165, 1.54) is 6.42 Å². The van der Waals surface area contributed by atoms with Crippen LogP contribution in [-0.2, 0) is 6.61 Å². The molecule has 0 radical (unpaired) electrons. The van der Waals surface area contributed by atoms with Crippen LogP contribution in [0.4, 0.5) is 5.82 Å². The molecule has 1 N–H and O–H groups in total. The van der Waals surface area contributed by atoms with Gasteiger partial charge in [0.25, 0.3) is 0 Å². The van der Waals surface area contributed by atoms with Crippen LogP contribution in [0.1, 0.15) is 26.0 Å². The SMILES string of the molecule is CC(C)[C@H]1CCN(c2cnc(CO)cn2)C1. The quantitative estimate of drug-likeness (QED) is 0.839. The topological polar surface area (TPSA) is 49.2 Å². The maximum absolute atomic E-state index is 8.89. The molecule has 2 rings (SSSR count). The number of nitrogens with zero attached hydrogens (tertiary/aromatic N) is 3. The molecule has 0 unspecified atom stereocenters. The van der Waals surface area contributed by atoms with E-state index in [0.29, 0.717) is 5.69 Å². The summed E-state index contributed by atoms with van der Waals surface area (Å²) in [5, 5.41) is 8.89. The first-order valence-corrected chi connectivity index (χ1v) is 5.87. The molecule has 0 aliphatic carbocycles. The minimum absolute atomic E-state index is 0.0398. The predicted molar refractivity (Wildman–Crippen MR) is 63.1 cm³/mol. The lowest BCUT2D eigenvalue weighted by Crippen LogP contribution is -2.22. The van der Waals surface area contributed by atoms with Gasteiger partial charge in [0, 0.05) is 13.1 Å². The minimum atomic E-state index is -0.0398. The van der Waals surface area contributed by atoms with E-state index in [1.807, 2.05) is 0 Å². The van der Waals surface area contributed by atoms with Crippen molar-refractivity contribution in [2.24, 2.45) is 11.8 Å². The van der Waals surface area contributed by atoms with Crippen LogP contribution in [0.3, 0.4) is 0 Å². The summed E-state index contributed by atoms with van der Waals surface area (Å²) in [6.45, 7) is 6.64. The molecular weight excluding hydrogens is 202 g/mol. The van der Waals surface area contributed by atoms with Gasteiger partial charge >= 0.3 is 0 Å². The largest absolute Gasteiger partial charge is 0.390 e. The Kier molecular flexibility index (Phi) is 3.39. The van der Waals surface area contributed by atoms with E-state index in [-0.39, 0.29) is 6.61 Å². The summed E-state index contributed by atoms with van der Waals surface area (Å²) in [5.74, 6) is 2.43. The van der Waals surface area contributed by atoms with Gasteiger partial charge in [0.1, 0.15) is 5.82 Å². The van der Waals surface area contributed by atoms with Crippen LogP contribution in [0.25, 0.3) is 0 Å². The van der Waals surface area contributed by atoms with Crippen LogP contribution in [0, 0.1) is 11.8 Å². The molecule has 4 heteroatoms. The van der Waals surface area contributed by atoms with Gasteiger partial charge in [-0.15, -0.1) is 0 Å². The van der Waals surface area contributed by atoms with Crippen LogP contribution < -0.4 is 4.90 Å². The van der Waals surface area contributed by atoms with Crippen molar-refractivity contribution in [3.05, 3.63) is 18.1 Å². The number of rotatable bonds is 3. The van der Waals surface area contributed by atoms with Gasteiger partial charge in [-0.25, -0.2) is 4.98 Å². The zero-order chi connectivity index (χ0) is 11.5. The maximum atomic E-state index is 8.89. The third-order valence-corrected chi connectivity index (χ3v) is 3.35. The molecule has 1 atom stereocenters. The third kappa shape index (κ3) is 2.32. The molecular formula is C12H19N3O. The Balaban J connectivity index is 2.03. The molecule has 0 amide bonds. The molecule has 4 nitrogen and oxygen atoms in total. The molecule has 1 aromatic rings. The predicted octanol–water partition coefficient (Wildman–Crippen LogP) is 1.45. The van der Waals surface area contributed by atoms with Crippen LogP contribution in [0.2, 0.25) is 0 Å². The summed E-state index contributed by atoms with van der Waals surface area (Å²) in [6.07, 6.45) is 4.65. The van der Waals surface area contributed by atoms with Gasteiger partial charge in [-0.1, -0.05) is 13.8 Å². The molecule has 0 aromatic carbocycles. The monoisotopic (exact) mass is 221 g/mol. The molecule has 0 spiro atoms. The van der Waals surface area contributed by atoms with Gasteiger partial charge in [0.05, 0.1) is 24.7 Å². The highest BCUT2D eigenvalue weighted by atomic mass is 16.3. The second-order valence-corrected chi connectivity index (χ2v) is 4.76. The Hall–Kier alpha value is -1.16. The molecule has 1 saturated heterocycles. The summed E-state index contributed by atoms with van der Waals surface area (Å²) >= 11 is 0. The molecule has 1 aliphatic rings. The Labute approximate surface area is 96.3 Å². The summed E-state index contributed by atoms with van der Waals surface area (Å²) in [4.78, 5) is 10.8. The normalized spacial score (nSPS) is 20.8. The molecule has 16 heavy (non-hydrogen) atoms. The van der Waals surface area contributed by atoms with Crippen LogP contribution in [0.5, 0.6) is 0 Å².